The Morgan fingerprint density at radius 2 is 1.67 bits per heavy atom. The molecule has 3 heteroatoms. The molecule has 108 valence electrons. The Hall–Kier alpha value is -2.42. The van der Waals surface area contributed by atoms with E-state index in [4.69, 9.17) is 0 Å². The summed E-state index contributed by atoms with van der Waals surface area (Å²) >= 11 is 0. The summed E-state index contributed by atoms with van der Waals surface area (Å²) in [5.41, 5.74) is 4.23. The number of nitrogens with one attached hydrogen (secondary N) is 1. The number of hydrogen-bond acceptors (Lipinski definition) is 3. The number of pyridine rings is 2. The van der Waals surface area contributed by atoms with Crippen LogP contribution in [0.15, 0.2) is 66.5 Å². The van der Waals surface area contributed by atoms with Crippen LogP contribution in [0.1, 0.15) is 38.2 Å². The van der Waals surface area contributed by atoms with Crippen LogP contribution in [0.25, 0.3) is 5.70 Å². The number of aromatic nitrogens is 2. The van der Waals surface area contributed by atoms with Gasteiger partial charge in [-0.1, -0.05) is 37.6 Å². The van der Waals surface area contributed by atoms with Crippen LogP contribution in [0.3, 0.4) is 0 Å². The maximum Gasteiger partial charge on any atom is 0.0876 e. The smallest absolute Gasteiger partial charge is 0.0876 e. The molecule has 1 aliphatic heterocycles. The van der Waals surface area contributed by atoms with Crippen molar-refractivity contribution in [2.75, 3.05) is 0 Å². The van der Waals surface area contributed by atoms with Crippen LogP contribution in [0, 0.1) is 0 Å². The van der Waals surface area contributed by atoms with Gasteiger partial charge in [-0.3, -0.25) is 9.97 Å². The van der Waals surface area contributed by atoms with Gasteiger partial charge in [0.25, 0.3) is 0 Å². The summed E-state index contributed by atoms with van der Waals surface area (Å²) in [6, 6.07) is 12.0. The van der Waals surface area contributed by atoms with Crippen molar-refractivity contribution in [2.24, 2.45) is 0 Å². The summed E-state index contributed by atoms with van der Waals surface area (Å²) in [5, 5.41) is 3.48. The highest BCUT2D eigenvalue weighted by Gasteiger charge is 2.16. The molecule has 2 aromatic heterocycles. The van der Waals surface area contributed by atoms with Crippen LogP contribution in [0.5, 0.6) is 0 Å². The molecule has 1 N–H and O–H groups in total. The average Bonchev–Trinajstić information content (AvgIpc) is 2.58. The second kappa shape index (κ2) is 7.39. The lowest BCUT2D eigenvalue weighted by molar-refractivity contribution is 0.727. The molecule has 3 nitrogen and oxygen atoms in total. The van der Waals surface area contributed by atoms with E-state index in [9.17, 15) is 0 Å². The van der Waals surface area contributed by atoms with E-state index < -0.39 is 0 Å². The lowest BCUT2D eigenvalue weighted by Gasteiger charge is -2.23. The van der Waals surface area contributed by atoms with Gasteiger partial charge in [0.2, 0.25) is 0 Å². The van der Waals surface area contributed by atoms with Crippen molar-refractivity contribution in [3.05, 3.63) is 77.9 Å². The fraction of sp³-hybridized carbons (Fsp3) is 0.222. The summed E-state index contributed by atoms with van der Waals surface area (Å²) in [4.78, 5) is 8.80. The van der Waals surface area contributed by atoms with E-state index in [0.29, 0.717) is 0 Å². The first-order valence-electron chi connectivity index (χ1n) is 7.32. The molecule has 21 heavy (non-hydrogen) atoms. The summed E-state index contributed by atoms with van der Waals surface area (Å²) in [6.07, 6.45) is 7.91. The van der Waals surface area contributed by atoms with Crippen molar-refractivity contribution in [1.82, 2.24) is 15.3 Å². The first-order chi connectivity index (χ1) is 10.3. The van der Waals surface area contributed by atoms with Crippen molar-refractivity contribution < 1.29 is 0 Å². The van der Waals surface area contributed by atoms with Gasteiger partial charge in [-0.25, -0.2) is 0 Å². The van der Waals surface area contributed by atoms with Crippen molar-refractivity contribution >= 4 is 5.70 Å². The van der Waals surface area contributed by atoms with Crippen molar-refractivity contribution in [2.45, 2.75) is 26.8 Å². The minimum absolute atomic E-state index is 0.100. The van der Waals surface area contributed by atoms with Crippen LogP contribution in [-0.2, 0) is 0 Å². The molecule has 2 aromatic rings. The zero-order valence-electron chi connectivity index (χ0n) is 12.7. The highest BCUT2D eigenvalue weighted by Crippen LogP contribution is 2.24. The van der Waals surface area contributed by atoms with E-state index in [2.05, 4.69) is 34.4 Å². The van der Waals surface area contributed by atoms with E-state index in [-0.39, 0.29) is 6.04 Å². The van der Waals surface area contributed by atoms with Crippen LogP contribution in [-0.4, -0.2) is 9.97 Å². The number of allylic oxidation sites excluding steroid dienone is 2. The topological polar surface area (TPSA) is 37.8 Å². The molecule has 1 atom stereocenters. The lowest BCUT2D eigenvalue weighted by Crippen LogP contribution is -2.22. The Kier molecular flexibility index (Phi) is 5.27. The Balaban J connectivity index is 0.000000774. The van der Waals surface area contributed by atoms with Crippen LogP contribution >= 0.6 is 0 Å². The molecule has 0 bridgehead atoms. The summed E-state index contributed by atoms with van der Waals surface area (Å²) in [6.45, 7) is 6.10. The second-order valence-corrected chi connectivity index (χ2v) is 4.56. The van der Waals surface area contributed by atoms with E-state index in [0.717, 1.165) is 17.1 Å². The van der Waals surface area contributed by atoms with Crippen LogP contribution in [0.2, 0.25) is 0 Å². The van der Waals surface area contributed by atoms with Gasteiger partial charge in [0.15, 0.2) is 0 Å². The number of nitrogens with zero attached hydrogens (tertiary/aromatic N) is 2. The third-order valence-electron chi connectivity index (χ3n) is 3.06. The highest BCUT2D eigenvalue weighted by molar-refractivity contribution is 5.66. The van der Waals surface area contributed by atoms with Crippen LogP contribution < -0.4 is 5.32 Å². The molecule has 1 aliphatic rings. The third kappa shape index (κ3) is 3.78. The summed E-state index contributed by atoms with van der Waals surface area (Å²) in [7, 11) is 0. The fourth-order valence-corrected chi connectivity index (χ4v) is 2.18. The van der Waals surface area contributed by atoms with E-state index in [1.807, 2.05) is 56.4 Å². The SMILES string of the molecule is CC.CC1=CC(c2ccccn2)NC(c2ccccn2)=C1. The molecule has 0 aliphatic carbocycles. The third-order valence-corrected chi connectivity index (χ3v) is 3.06. The Morgan fingerprint density at radius 1 is 0.952 bits per heavy atom. The maximum absolute atomic E-state index is 4.41. The Bertz CT molecular complexity index is 615. The highest BCUT2D eigenvalue weighted by atomic mass is 15.0. The molecule has 0 amide bonds. The molecule has 0 spiro atoms. The molecule has 0 radical (unpaired) electrons. The molecular formula is C18H21N3. The normalized spacial score (nSPS) is 16.8. The van der Waals surface area contributed by atoms with Gasteiger partial charge in [0.05, 0.1) is 23.1 Å². The molecule has 0 aromatic carbocycles. The van der Waals surface area contributed by atoms with Crippen molar-refractivity contribution in [3.63, 3.8) is 0 Å². The minimum atomic E-state index is 0.100. The van der Waals surface area contributed by atoms with Crippen molar-refractivity contribution in [1.29, 1.82) is 0 Å². The molecule has 0 saturated heterocycles. The second-order valence-electron chi connectivity index (χ2n) is 4.56. The fourth-order valence-electron chi connectivity index (χ4n) is 2.18. The largest absolute Gasteiger partial charge is 0.371 e. The van der Waals surface area contributed by atoms with Crippen LogP contribution in [0.4, 0.5) is 0 Å². The standard InChI is InChI=1S/C16H15N3.C2H6/c1-12-10-15(13-6-2-4-8-17-13)19-16(11-12)14-7-3-5-9-18-14;1-2/h2-11,15,19H,1H3;1-2H3. The molecule has 0 saturated carbocycles. The quantitative estimate of drug-likeness (QED) is 0.898. The van der Waals surface area contributed by atoms with Gasteiger partial charge in [0.1, 0.15) is 0 Å². The van der Waals surface area contributed by atoms with E-state index >= 15 is 0 Å². The number of dihydropyridines is 1. The predicted molar refractivity (Wildman–Crippen MR) is 87.4 cm³/mol. The Morgan fingerprint density at radius 3 is 2.29 bits per heavy atom. The average molecular weight is 279 g/mol. The van der Waals surface area contributed by atoms with Gasteiger partial charge < -0.3 is 5.32 Å². The molecule has 3 heterocycles. The first-order valence-corrected chi connectivity index (χ1v) is 7.32. The van der Waals surface area contributed by atoms with E-state index in [1.165, 1.54) is 5.57 Å². The van der Waals surface area contributed by atoms with Gasteiger partial charge >= 0.3 is 0 Å². The maximum atomic E-state index is 4.41. The first kappa shape index (κ1) is 15.0. The Labute approximate surface area is 126 Å². The zero-order chi connectivity index (χ0) is 15.1. The van der Waals surface area contributed by atoms with Crippen molar-refractivity contribution in [3.8, 4) is 0 Å². The number of rotatable bonds is 2. The van der Waals surface area contributed by atoms with E-state index in [1.54, 1.807) is 6.20 Å². The predicted octanol–water partition coefficient (Wildman–Crippen LogP) is 4.13. The molecule has 1 unspecified atom stereocenters. The zero-order valence-corrected chi connectivity index (χ0v) is 12.7. The lowest BCUT2D eigenvalue weighted by atomic mass is 10.0. The van der Waals surface area contributed by atoms with Gasteiger partial charge in [0, 0.05) is 12.4 Å². The van der Waals surface area contributed by atoms with Gasteiger partial charge in [-0.2, -0.15) is 0 Å². The van der Waals surface area contributed by atoms with Gasteiger partial charge in [-0.05, 0) is 37.3 Å². The monoisotopic (exact) mass is 279 g/mol. The summed E-state index contributed by atoms with van der Waals surface area (Å²) < 4.78 is 0. The summed E-state index contributed by atoms with van der Waals surface area (Å²) in [5.74, 6) is 0. The molecule has 3 rings (SSSR count). The minimum Gasteiger partial charge on any atom is -0.371 e. The number of hydrogen-bond donors (Lipinski definition) is 1. The van der Waals surface area contributed by atoms with Gasteiger partial charge in [-0.15, -0.1) is 0 Å². The molecule has 0 fully saturated rings. The molecular weight excluding hydrogens is 258 g/mol.